The molecule has 1 aliphatic heterocycles. The minimum atomic E-state index is -4.53. The van der Waals surface area contributed by atoms with Crippen LogP contribution in [-0.4, -0.2) is 29.2 Å². The van der Waals surface area contributed by atoms with Gasteiger partial charge < -0.3 is 5.11 Å². The van der Waals surface area contributed by atoms with E-state index in [1.54, 1.807) is 0 Å². The van der Waals surface area contributed by atoms with Gasteiger partial charge in [-0.05, 0) is 23.8 Å². The minimum Gasteiger partial charge on any atom is -0.508 e. The van der Waals surface area contributed by atoms with Crippen LogP contribution in [0.5, 0.6) is 5.75 Å². The number of amidine groups is 1. The van der Waals surface area contributed by atoms with Crippen LogP contribution in [-0.2, 0) is 14.9 Å². The average molecular weight is 268 g/mol. The van der Waals surface area contributed by atoms with E-state index in [4.69, 9.17) is 9.66 Å². The molecule has 0 unspecified atom stereocenters. The summed E-state index contributed by atoms with van der Waals surface area (Å²) < 4.78 is 30.3. The summed E-state index contributed by atoms with van der Waals surface area (Å²) in [4.78, 5) is 14.9. The number of aliphatic imine (C=N–C) groups is 1. The van der Waals surface area contributed by atoms with Crippen LogP contribution in [0, 0.1) is 0 Å². The highest BCUT2D eigenvalue weighted by atomic mass is 32.2. The zero-order chi connectivity index (χ0) is 13.3. The maximum atomic E-state index is 11.4. The first kappa shape index (κ1) is 12.3. The van der Waals surface area contributed by atoms with Gasteiger partial charge in [-0.2, -0.15) is 8.42 Å². The zero-order valence-electron chi connectivity index (χ0n) is 8.86. The lowest BCUT2D eigenvalue weighted by Crippen LogP contribution is -2.30. The molecule has 1 aromatic rings. The summed E-state index contributed by atoms with van der Waals surface area (Å²) >= 11 is 0. The van der Waals surface area contributed by atoms with Gasteiger partial charge in [0, 0.05) is 0 Å². The Bertz CT molecular complexity index is 658. The van der Waals surface area contributed by atoms with Crippen molar-refractivity contribution in [3.63, 3.8) is 0 Å². The standard InChI is InChI=1S/C10H8N2O5S/c13-7-3-1-6(2-4-7)5-8-9(14)12-10(11-8)18(15,16)17/h1-5,13H,(H,11,12,14)(H,15,16,17)/b8-5-. The van der Waals surface area contributed by atoms with Gasteiger partial charge in [-0.3, -0.25) is 14.7 Å². The molecule has 3 N–H and O–H groups in total. The Kier molecular flexibility index (Phi) is 2.89. The predicted octanol–water partition coefficient (Wildman–Crippen LogP) is 0.107. The maximum Gasteiger partial charge on any atom is 0.328 e. The Morgan fingerprint density at radius 3 is 2.33 bits per heavy atom. The summed E-state index contributed by atoms with van der Waals surface area (Å²) in [6, 6.07) is 5.87. The number of phenolic OH excluding ortho intramolecular Hbond substituents is 1. The molecule has 0 spiro atoms. The first-order valence-electron chi connectivity index (χ1n) is 4.74. The van der Waals surface area contributed by atoms with E-state index in [1.165, 1.54) is 30.3 Å². The zero-order valence-corrected chi connectivity index (χ0v) is 9.68. The van der Waals surface area contributed by atoms with Crippen molar-refractivity contribution in [2.45, 2.75) is 0 Å². The number of hydrogen-bond acceptors (Lipinski definition) is 5. The third-order valence-electron chi connectivity index (χ3n) is 2.12. The molecule has 1 aromatic carbocycles. The third kappa shape index (κ3) is 2.55. The predicted molar refractivity (Wildman–Crippen MR) is 63.2 cm³/mol. The van der Waals surface area contributed by atoms with Crippen LogP contribution in [0.2, 0.25) is 0 Å². The van der Waals surface area contributed by atoms with Crippen molar-refractivity contribution in [2.75, 3.05) is 0 Å². The molecule has 7 nitrogen and oxygen atoms in total. The molecule has 1 amide bonds. The number of nitrogens with zero attached hydrogens (tertiary/aromatic N) is 1. The van der Waals surface area contributed by atoms with E-state index < -0.39 is 21.2 Å². The Morgan fingerprint density at radius 1 is 1.22 bits per heavy atom. The van der Waals surface area contributed by atoms with Gasteiger partial charge in [0.05, 0.1) is 0 Å². The van der Waals surface area contributed by atoms with Gasteiger partial charge in [0.2, 0.25) is 0 Å². The van der Waals surface area contributed by atoms with Crippen molar-refractivity contribution in [3.05, 3.63) is 35.5 Å². The van der Waals surface area contributed by atoms with E-state index in [-0.39, 0.29) is 11.4 Å². The number of rotatable bonds is 1. The SMILES string of the molecule is O=C1NC(S(=O)(=O)O)=N/C1=C\c1ccc(O)cc1. The van der Waals surface area contributed by atoms with E-state index in [0.29, 0.717) is 5.56 Å². The summed E-state index contributed by atoms with van der Waals surface area (Å²) in [5, 5.41) is 10.2. The molecule has 18 heavy (non-hydrogen) atoms. The molecule has 94 valence electrons. The number of phenols is 1. The van der Waals surface area contributed by atoms with Crippen LogP contribution >= 0.6 is 0 Å². The summed E-state index contributed by atoms with van der Waals surface area (Å²) in [6.07, 6.45) is 1.33. The highest BCUT2D eigenvalue weighted by molar-refractivity contribution is 8.01. The molecule has 0 bridgehead atoms. The first-order chi connectivity index (χ1) is 8.36. The topological polar surface area (TPSA) is 116 Å². The fraction of sp³-hybridized carbons (Fsp3) is 0. The van der Waals surface area contributed by atoms with Crippen LogP contribution in [0.1, 0.15) is 5.56 Å². The summed E-state index contributed by atoms with van der Waals surface area (Å²) in [5.41, 5.74) is 0.409. The lowest BCUT2D eigenvalue weighted by atomic mass is 10.2. The molecule has 8 heteroatoms. The molecule has 1 aliphatic rings. The average Bonchev–Trinajstić information content (AvgIpc) is 2.63. The molecular formula is C10H8N2O5S. The van der Waals surface area contributed by atoms with Gasteiger partial charge >= 0.3 is 10.1 Å². The largest absolute Gasteiger partial charge is 0.508 e. The second-order valence-electron chi connectivity index (χ2n) is 3.47. The van der Waals surface area contributed by atoms with Crippen LogP contribution in [0.4, 0.5) is 0 Å². The normalized spacial score (nSPS) is 17.7. The van der Waals surface area contributed by atoms with Crippen molar-refractivity contribution >= 4 is 27.3 Å². The highest BCUT2D eigenvalue weighted by Crippen LogP contribution is 2.16. The molecular weight excluding hydrogens is 260 g/mol. The number of benzene rings is 1. The van der Waals surface area contributed by atoms with Gasteiger partial charge in [0.15, 0.2) is 0 Å². The van der Waals surface area contributed by atoms with E-state index in [1.807, 2.05) is 5.32 Å². The number of hydrogen-bond donors (Lipinski definition) is 3. The molecule has 0 saturated carbocycles. The number of nitrogens with one attached hydrogen (secondary N) is 1. The Balaban J connectivity index is 2.37. The fourth-order valence-electron chi connectivity index (χ4n) is 1.30. The number of amides is 1. The molecule has 0 atom stereocenters. The van der Waals surface area contributed by atoms with Crippen LogP contribution in [0.15, 0.2) is 35.0 Å². The van der Waals surface area contributed by atoms with E-state index in [0.717, 1.165) is 0 Å². The second-order valence-corrected chi connectivity index (χ2v) is 4.80. The minimum absolute atomic E-state index is 0.0650. The van der Waals surface area contributed by atoms with Crippen molar-refractivity contribution < 1.29 is 22.9 Å². The van der Waals surface area contributed by atoms with Crippen molar-refractivity contribution in [1.29, 1.82) is 0 Å². The molecule has 0 radical (unpaired) electrons. The summed E-state index contributed by atoms with van der Waals surface area (Å²) in [6.45, 7) is 0. The number of carbonyl (C=O) groups excluding carboxylic acids is 1. The van der Waals surface area contributed by atoms with E-state index in [2.05, 4.69) is 4.99 Å². The quantitative estimate of drug-likeness (QED) is 0.493. The van der Waals surface area contributed by atoms with Crippen LogP contribution < -0.4 is 5.32 Å². The Morgan fingerprint density at radius 2 is 1.83 bits per heavy atom. The first-order valence-corrected chi connectivity index (χ1v) is 6.18. The van der Waals surface area contributed by atoms with Crippen molar-refractivity contribution in [3.8, 4) is 5.75 Å². The second kappa shape index (κ2) is 4.24. The maximum absolute atomic E-state index is 11.4. The monoisotopic (exact) mass is 268 g/mol. The van der Waals surface area contributed by atoms with E-state index in [9.17, 15) is 13.2 Å². The Hall–Kier alpha value is -2.19. The van der Waals surface area contributed by atoms with Gasteiger partial charge in [-0.1, -0.05) is 12.1 Å². The van der Waals surface area contributed by atoms with Gasteiger partial charge in [-0.15, -0.1) is 0 Å². The van der Waals surface area contributed by atoms with Gasteiger partial charge in [0.1, 0.15) is 11.4 Å². The Labute approximate surface area is 102 Å². The van der Waals surface area contributed by atoms with Gasteiger partial charge in [-0.25, -0.2) is 4.99 Å². The molecule has 0 aromatic heterocycles. The van der Waals surface area contributed by atoms with E-state index >= 15 is 0 Å². The number of carbonyl (C=O) groups is 1. The fourth-order valence-corrected chi connectivity index (χ4v) is 1.73. The highest BCUT2D eigenvalue weighted by Gasteiger charge is 2.28. The van der Waals surface area contributed by atoms with Crippen molar-refractivity contribution in [1.82, 2.24) is 5.32 Å². The molecule has 0 aliphatic carbocycles. The summed E-state index contributed by atoms with van der Waals surface area (Å²) in [7, 11) is -4.53. The molecule has 1 heterocycles. The van der Waals surface area contributed by atoms with Gasteiger partial charge in [0.25, 0.3) is 11.1 Å². The van der Waals surface area contributed by atoms with Crippen molar-refractivity contribution in [2.24, 2.45) is 4.99 Å². The molecule has 2 rings (SSSR count). The van der Waals surface area contributed by atoms with Crippen LogP contribution in [0.3, 0.4) is 0 Å². The lowest BCUT2D eigenvalue weighted by Gasteiger charge is -1.95. The smallest absolute Gasteiger partial charge is 0.328 e. The molecule has 0 fully saturated rings. The molecule has 0 saturated heterocycles. The van der Waals surface area contributed by atoms with Crippen LogP contribution in [0.25, 0.3) is 6.08 Å². The number of aromatic hydroxyl groups is 1. The lowest BCUT2D eigenvalue weighted by molar-refractivity contribution is -0.115. The third-order valence-corrected chi connectivity index (χ3v) is 2.80. The summed E-state index contributed by atoms with van der Waals surface area (Å²) in [5.74, 6) is -0.661.